The summed E-state index contributed by atoms with van der Waals surface area (Å²) in [5, 5.41) is 7.15. The second-order valence-corrected chi connectivity index (χ2v) is 5.43. The van der Waals surface area contributed by atoms with E-state index in [1.165, 1.54) is 6.42 Å². The number of carbonyl (C=O) groups excluding carboxylic acids is 1. The SMILES string of the molecule is CC(C)NC(=O)CCN=C1NC(C)CCS1. The number of nitrogens with one attached hydrogen (secondary N) is 2. The van der Waals surface area contributed by atoms with E-state index in [2.05, 4.69) is 22.5 Å². The van der Waals surface area contributed by atoms with Gasteiger partial charge in [0.2, 0.25) is 5.91 Å². The largest absolute Gasteiger partial charge is 0.362 e. The standard InChI is InChI=1S/C11H21N3OS/c1-8(2)13-10(15)4-6-12-11-14-9(3)5-7-16-11/h8-9H,4-7H2,1-3H3,(H,12,14)(H,13,15). The van der Waals surface area contributed by atoms with Crippen molar-refractivity contribution in [1.82, 2.24) is 10.6 Å². The molecule has 5 heteroatoms. The minimum absolute atomic E-state index is 0.0770. The van der Waals surface area contributed by atoms with Crippen LogP contribution in [0, 0.1) is 0 Å². The van der Waals surface area contributed by atoms with Gasteiger partial charge < -0.3 is 10.6 Å². The number of hydrogen-bond donors (Lipinski definition) is 2. The third-order valence-corrected chi connectivity index (χ3v) is 3.16. The highest BCUT2D eigenvalue weighted by molar-refractivity contribution is 8.13. The van der Waals surface area contributed by atoms with E-state index < -0.39 is 0 Å². The first kappa shape index (κ1) is 13.4. The molecule has 0 aromatic rings. The van der Waals surface area contributed by atoms with Crippen molar-refractivity contribution in [2.24, 2.45) is 4.99 Å². The molecule has 1 aliphatic rings. The number of amides is 1. The minimum atomic E-state index is 0.0770. The van der Waals surface area contributed by atoms with Gasteiger partial charge in [0, 0.05) is 24.3 Å². The van der Waals surface area contributed by atoms with Crippen LogP contribution in [-0.2, 0) is 4.79 Å². The quantitative estimate of drug-likeness (QED) is 0.784. The molecule has 16 heavy (non-hydrogen) atoms. The fraction of sp³-hybridized carbons (Fsp3) is 0.818. The van der Waals surface area contributed by atoms with E-state index in [1.54, 1.807) is 11.8 Å². The van der Waals surface area contributed by atoms with Crippen LogP contribution < -0.4 is 10.6 Å². The lowest BCUT2D eigenvalue weighted by Crippen LogP contribution is -2.36. The zero-order valence-electron chi connectivity index (χ0n) is 10.2. The predicted octanol–water partition coefficient (Wildman–Crippen LogP) is 1.37. The van der Waals surface area contributed by atoms with Gasteiger partial charge in [-0.05, 0) is 27.2 Å². The van der Waals surface area contributed by atoms with Crippen molar-refractivity contribution < 1.29 is 4.79 Å². The Morgan fingerprint density at radius 2 is 2.44 bits per heavy atom. The molecule has 4 nitrogen and oxygen atoms in total. The van der Waals surface area contributed by atoms with Crippen molar-refractivity contribution in [3.8, 4) is 0 Å². The lowest BCUT2D eigenvalue weighted by atomic mass is 10.3. The molecule has 1 amide bonds. The van der Waals surface area contributed by atoms with Gasteiger partial charge in [0.15, 0.2) is 5.17 Å². The summed E-state index contributed by atoms with van der Waals surface area (Å²) in [6.07, 6.45) is 1.65. The number of aliphatic imine (C=N–C) groups is 1. The molecule has 2 N–H and O–H groups in total. The lowest BCUT2D eigenvalue weighted by molar-refractivity contribution is -0.121. The van der Waals surface area contributed by atoms with Crippen LogP contribution in [0.4, 0.5) is 0 Å². The molecular formula is C11H21N3OS. The summed E-state index contributed by atoms with van der Waals surface area (Å²) in [5.74, 6) is 1.19. The molecule has 0 radical (unpaired) electrons. The smallest absolute Gasteiger partial charge is 0.222 e. The number of thioether (sulfide) groups is 1. The highest BCUT2D eigenvalue weighted by Gasteiger charge is 2.12. The molecule has 1 fully saturated rings. The fourth-order valence-corrected chi connectivity index (χ4v) is 2.53. The van der Waals surface area contributed by atoms with Crippen LogP contribution in [0.1, 0.15) is 33.6 Å². The summed E-state index contributed by atoms with van der Waals surface area (Å²) in [5.41, 5.74) is 0. The maximum absolute atomic E-state index is 11.4. The number of carbonyl (C=O) groups is 1. The highest BCUT2D eigenvalue weighted by Crippen LogP contribution is 2.13. The van der Waals surface area contributed by atoms with Gasteiger partial charge in [-0.15, -0.1) is 0 Å². The second-order valence-electron chi connectivity index (χ2n) is 4.34. The second kappa shape index (κ2) is 6.78. The van der Waals surface area contributed by atoms with E-state index in [1.807, 2.05) is 13.8 Å². The van der Waals surface area contributed by atoms with Gasteiger partial charge in [0.1, 0.15) is 0 Å². The first-order valence-corrected chi connectivity index (χ1v) is 6.79. The Labute approximate surface area is 102 Å². The average molecular weight is 243 g/mol. The van der Waals surface area contributed by atoms with Crippen LogP contribution in [0.25, 0.3) is 0 Å². The molecule has 0 saturated carbocycles. The first-order valence-electron chi connectivity index (χ1n) is 5.81. The molecule has 1 heterocycles. The fourth-order valence-electron chi connectivity index (χ4n) is 1.40. The monoisotopic (exact) mass is 243 g/mol. The number of nitrogens with zero attached hydrogens (tertiary/aromatic N) is 1. The zero-order chi connectivity index (χ0) is 12.0. The summed E-state index contributed by atoms with van der Waals surface area (Å²) in [4.78, 5) is 15.7. The summed E-state index contributed by atoms with van der Waals surface area (Å²) in [7, 11) is 0. The number of amidine groups is 1. The van der Waals surface area contributed by atoms with Crippen molar-refractivity contribution in [2.75, 3.05) is 12.3 Å². The van der Waals surface area contributed by atoms with Gasteiger partial charge >= 0.3 is 0 Å². The third-order valence-electron chi connectivity index (χ3n) is 2.20. The number of rotatable bonds is 4. The Hall–Kier alpha value is -0.710. The normalized spacial score (nSPS) is 23.2. The molecule has 0 spiro atoms. The van der Waals surface area contributed by atoms with E-state index in [4.69, 9.17) is 0 Å². The predicted molar refractivity (Wildman–Crippen MR) is 69.9 cm³/mol. The van der Waals surface area contributed by atoms with Gasteiger partial charge in [-0.25, -0.2) is 0 Å². The van der Waals surface area contributed by atoms with Crippen LogP contribution in [0.5, 0.6) is 0 Å². The van der Waals surface area contributed by atoms with Gasteiger partial charge in [-0.3, -0.25) is 9.79 Å². The molecule has 0 aromatic carbocycles. The highest BCUT2D eigenvalue weighted by atomic mass is 32.2. The summed E-state index contributed by atoms with van der Waals surface area (Å²) < 4.78 is 0. The van der Waals surface area contributed by atoms with Crippen molar-refractivity contribution in [1.29, 1.82) is 0 Å². The van der Waals surface area contributed by atoms with Gasteiger partial charge in [-0.2, -0.15) is 0 Å². The maximum Gasteiger partial charge on any atom is 0.222 e. The first-order chi connectivity index (χ1) is 7.58. The topological polar surface area (TPSA) is 53.5 Å². The van der Waals surface area contributed by atoms with Crippen molar-refractivity contribution in [2.45, 2.75) is 45.7 Å². The number of hydrogen-bond acceptors (Lipinski definition) is 3. The summed E-state index contributed by atoms with van der Waals surface area (Å²) in [6.45, 7) is 6.65. The van der Waals surface area contributed by atoms with E-state index in [-0.39, 0.29) is 11.9 Å². The lowest BCUT2D eigenvalue weighted by Gasteiger charge is -2.21. The van der Waals surface area contributed by atoms with Gasteiger partial charge in [0.25, 0.3) is 0 Å². The zero-order valence-corrected chi connectivity index (χ0v) is 11.1. The molecule has 0 aromatic heterocycles. The van der Waals surface area contributed by atoms with Crippen molar-refractivity contribution in [3.63, 3.8) is 0 Å². The van der Waals surface area contributed by atoms with Gasteiger partial charge in [-0.1, -0.05) is 11.8 Å². The molecule has 0 bridgehead atoms. The average Bonchev–Trinajstić information content (AvgIpc) is 2.16. The van der Waals surface area contributed by atoms with E-state index in [0.29, 0.717) is 19.0 Å². The van der Waals surface area contributed by atoms with Crippen LogP contribution in [0.15, 0.2) is 4.99 Å². The van der Waals surface area contributed by atoms with Gasteiger partial charge in [0.05, 0.1) is 6.54 Å². The van der Waals surface area contributed by atoms with E-state index in [0.717, 1.165) is 10.9 Å². The Kier molecular flexibility index (Phi) is 5.66. The van der Waals surface area contributed by atoms with E-state index >= 15 is 0 Å². The molecule has 1 aliphatic heterocycles. The molecule has 1 unspecified atom stereocenters. The molecule has 1 rings (SSSR count). The summed E-state index contributed by atoms with van der Waals surface area (Å²) >= 11 is 1.74. The molecule has 1 atom stereocenters. The Morgan fingerprint density at radius 1 is 1.69 bits per heavy atom. The van der Waals surface area contributed by atoms with Crippen LogP contribution in [0.2, 0.25) is 0 Å². The summed E-state index contributed by atoms with van der Waals surface area (Å²) in [6, 6.07) is 0.715. The molecule has 92 valence electrons. The molecular weight excluding hydrogens is 222 g/mol. The Morgan fingerprint density at radius 3 is 3.06 bits per heavy atom. The van der Waals surface area contributed by atoms with Crippen LogP contribution >= 0.6 is 11.8 Å². The van der Waals surface area contributed by atoms with Crippen LogP contribution in [0.3, 0.4) is 0 Å². The van der Waals surface area contributed by atoms with Crippen molar-refractivity contribution in [3.05, 3.63) is 0 Å². The molecule has 0 aliphatic carbocycles. The van der Waals surface area contributed by atoms with Crippen molar-refractivity contribution >= 4 is 22.8 Å². The molecule has 1 saturated heterocycles. The third kappa shape index (κ3) is 5.39. The Bertz CT molecular complexity index is 266. The maximum atomic E-state index is 11.4. The minimum Gasteiger partial charge on any atom is -0.362 e. The Balaban J connectivity index is 2.22. The van der Waals surface area contributed by atoms with Crippen LogP contribution in [-0.4, -0.2) is 35.5 Å². The van der Waals surface area contributed by atoms with E-state index in [9.17, 15) is 4.79 Å².